The van der Waals surface area contributed by atoms with E-state index in [2.05, 4.69) is 0 Å². The van der Waals surface area contributed by atoms with Gasteiger partial charge in [0.1, 0.15) is 0 Å². The Balaban J connectivity index is -0.0000000300. The van der Waals surface area contributed by atoms with Gasteiger partial charge in [0.15, 0.2) is 0 Å². The predicted octanol–water partition coefficient (Wildman–Crippen LogP) is -1.24. The van der Waals surface area contributed by atoms with E-state index in [1.807, 2.05) is 0 Å². The van der Waals surface area contributed by atoms with Crippen molar-refractivity contribution in [3.8, 4) is 0 Å². The molecule has 0 amide bonds. The van der Waals surface area contributed by atoms with Crippen LogP contribution < -0.4 is 0 Å². The third kappa shape index (κ3) is 2590. The van der Waals surface area contributed by atoms with Crippen molar-refractivity contribution in [3.63, 3.8) is 0 Å². The van der Waals surface area contributed by atoms with Crippen molar-refractivity contribution in [1.29, 1.82) is 0 Å². The topological polar surface area (TPSA) is 132 Å². The van der Waals surface area contributed by atoms with Crippen LogP contribution in [-0.4, -0.2) is 73.3 Å². The molecular formula is GeN2O6Sr. The monoisotopic (exact) mass is 286 g/mol. The molecular weight excluding hydrogens is 284 g/mol. The second-order valence-corrected chi connectivity index (χ2v) is 0.447. The third-order valence-corrected chi connectivity index (χ3v) is 0. The average Bonchev–Trinajstić information content (AvgIpc) is 1.25. The maximum Gasteiger partial charge on any atom is 2.00 e. The SMILES string of the molecule is O=[N+]([O-])[O-].O=[N+]([O-])[O-].[Ge].[Sr+2]. The zero-order valence-electron chi connectivity index (χ0n) is 4.55. The first-order valence-corrected chi connectivity index (χ1v) is 1.10. The minimum Gasteiger partial charge on any atom is -0.356 e. The molecule has 0 unspecified atom stereocenters. The van der Waals surface area contributed by atoms with Gasteiger partial charge in [-0.2, -0.15) is 0 Å². The molecule has 8 nitrogen and oxygen atoms in total. The van der Waals surface area contributed by atoms with E-state index in [1.54, 1.807) is 0 Å². The van der Waals surface area contributed by atoms with E-state index >= 15 is 0 Å². The van der Waals surface area contributed by atoms with E-state index in [-0.39, 0.29) is 63.1 Å². The third-order valence-electron chi connectivity index (χ3n) is 0. The summed E-state index contributed by atoms with van der Waals surface area (Å²) in [4.78, 5) is 16.5. The first-order valence-electron chi connectivity index (χ1n) is 1.10. The Hall–Kier alpha value is 0.423. The smallest absolute Gasteiger partial charge is 0.356 e. The quantitative estimate of drug-likeness (QED) is 0.310. The fourth-order valence-corrected chi connectivity index (χ4v) is 0. The molecule has 0 fully saturated rings. The van der Waals surface area contributed by atoms with E-state index in [0.29, 0.717) is 0 Å². The predicted molar refractivity (Wildman–Crippen MR) is 32.2 cm³/mol. The van der Waals surface area contributed by atoms with Crippen LogP contribution in [0.1, 0.15) is 0 Å². The summed E-state index contributed by atoms with van der Waals surface area (Å²) in [7, 11) is 0. The molecule has 0 aromatic carbocycles. The Morgan fingerprint density at radius 1 is 0.800 bits per heavy atom. The van der Waals surface area contributed by atoms with Crippen molar-refractivity contribution in [3.05, 3.63) is 30.6 Å². The van der Waals surface area contributed by atoms with Crippen molar-refractivity contribution < 1.29 is 10.2 Å². The first kappa shape index (κ1) is 22.4. The normalized spacial score (nSPS) is 4.80. The summed E-state index contributed by atoms with van der Waals surface area (Å²) in [6, 6.07) is 0. The van der Waals surface area contributed by atoms with Gasteiger partial charge in [-0.05, 0) is 0 Å². The summed E-state index contributed by atoms with van der Waals surface area (Å²) in [5.74, 6) is 0. The molecule has 4 radical (unpaired) electrons. The summed E-state index contributed by atoms with van der Waals surface area (Å²) in [6.45, 7) is 0. The van der Waals surface area contributed by atoms with E-state index in [4.69, 9.17) is 30.6 Å². The summed E-state index contributed by atoms with van der Waals surface area (Å²) in [6.07, 6.45) is 0. The summed E-state index contributed by atoms with van der Waals surface area (Å²) in [5, 5.41) is 29.5. The maximum atomic E-state index is 8.25. The number of hydrogen-bond acceptors (Lipinski definition) is 6. The molecule has 0 aliphatic heterocycles. The molecule has 10 heavy (non-hydrogen) atoms. The van der Waals surface area contributed by atoms with Crippen molar-refractivity contribution in [2.75, 3.05) is 0 Å². The molecule has 0 aromatic rings. The van der Waals surface area contributed by atoms with Crippen molar-refractivity contribution in [2.45, 2.75) is 0 Å². The average molecular weight is 284 g/mol. The minimum absolute atomic E-state index is 0. The van der Waals surface area contributed by atoms with Crippen molar-refractivity contribution in [2.24, 2.45) is 0 Å². The number of nitrogens with zero attached hydrogens (tertiary/aromatic N) is 2. The Kier molecular flexibility index (Phi) is 36.4. The van der Waals surface area contributed by atoms with Crippen LogP contribution in [0.2, 0.25) is 0 Å². The van der Waals surface area contributed by atoms with Gasteiger partial charge >= 0.3 is 45.5 Å². The summed E-state index contributed by atoms with van der Waals surface area (Å²) < 4.78 is 0. The molecule has 0 spiro atoms. The van der Waals surface area contributed by atoms with Crippen LogP contribution in [0.5, 0.6) is 0 Å². The van der Waals surface area contributed by atoms with E-state index in [9.17, 15) is 0 Å². The zero-order valence-corrected chi connectivity index (χ0v) is 10.1. The fourth-order valence-electron chi connectivity index (χ4n) is 0. The molecule has 0 aromatic heterocycles. The van der Waals surface area contributed by atoms with Crippen LogP contribution in [0.15, 0.2) is 0 Å². The Labute approximate surface area is 103 Å². The van der Waals surface area contributed by atoms with Crippen molar-refractivity contribution >= 4 is 63.1 Å². The molecule has 0 atom stereocenters. The van der Waals surface area contributed by atoms with Crippen LogP contribution >= 0.6 is 0 Å². The number of hydrogen-bond donors (Lipinski definition) is 0. The van der Waals surface area contributed by atoms with Gasteiger partial charge in [0.05, 0.1) is 10.2 Å². The second-order valence-electron chi connectivity index (χ2n) is 0.447. The summed E-state index contributed by atoms with van der Waals surface area (Å²) in [5.41, 5.74) is 0. The molecule has 0 bridgehead atoms. The Morgan fingerprint density at radius 2 is 0.800 bits per heavy atom. The van der Waals surface area contributed by atoms with Gasteiger partial charge in [0.2, 0.25) is 0 Å². The molecule has 0 N–H and O–H groups in total. The van der Waals surface area contributed by atoms with Crippen LogP contribution in [0.4, 0.5) is 0 Å². The standard InChI is InChI=1S/Ge.2NO3.Sr/c;2*2-1(3)4;/q;2*-1;+2. The van der Waals surface area contributed by atoms with Gasteiger partial charge in [0.25, 0.3) is 0 Å². The van der Waals surface area contributed by atoms with E-state index in [0.717, 1.165) is 0 Å². The van der Waals surface area contributed by atoms with E-state index in [1.165, 1.54) is 0 Å². The molecule has 0 heterocycles. The van der Waals surface area contributed by atoms with Gasteiger partial charge in [-0.1, -0.05) is 0 Å². The zero-order chi connectivity index (χ0) is 7.15. The van der Waals surface area contributed by atoms with E-state index < -0.39 is 10.2 Å². The van der Waals surface area contributed by atoms with Gasteiger partial charge in [0, 0.05) is 17.6 Å². The van der Waals surface area contributed by atoms with Gasteiger partial charge < -0.3 is 30.6 Å². The molecule has 0 rings (SSSR count). The summed E-state index contributed by atoms with van der Waals surface area (Å²) >= 11 is 0. The van der Waals surface area contributed by atoms with Crippen LogP contribution in [0.3, 0.4) is 0 Å². The molecule has 0 saturated heterocycles. The van der Waals surface area contributed by atoms with Gasteiger partial charge in [-0.3, -0.25) is 0 Å². The Morgan fingerprint density at radius 3 is 0.800 bits per heavy atom. The van der Waals surface area contributed by atoms with Gasteiger partial charge in [-0.25, -0.2) is 0 Å². The minimum atomic E-state index is -1.75. The molecule has 52 valence electrons. The molecule has 0 aliphatic carbocycles. The first-order chi connectivity index (χ1) is 3.46. The fraction of sp³-hybridized carbons (Fsp3) is 0. The molecule has 0 aliphatic rings. The molecule has 10 heteroatoms. The van der Waals surface area contributed by atoms with Gasteiger partial charge in [-0.15, -0.1) is 0 Å². The van der Waals surface area contributed by atoms with Crippen LogP contribution in [0, 0.1) is 30.6 Å². The number of rotatable bonds is 0. The maximum absolute atomic E-state index is 8.25. The largest absolute Gasteiger partial charge is 2.00 e. The van der Waals surface area contributed by atoms with Crippen LogP contribution in [-0.2, 0) is 0 Å². The molecule has 0 saturated carbocycles. The second kappa shape index (κ2) is 16.2. The van der Waals surface area contributed by atoms with Crippen LogP contribution in [0.25, 0.3) is 0 Å². The Bertz CT molecular complexity index is 73.7. The van der Waals surface area contributed by atoms with Crippen molar-refractivity contribution in [1.82, 2.24) is 0 Å².